The van der Waals surface area contributed by atoms with Crippen molar-refractivity contribution in [3.63, 3.8) is 0 Å². The Morgan fingerprint density at radius 3 is 2.50 bits per heavy atom. The predicted molar refractivity (Wildman–Crippen MR) is 121 cm³/mol. The highest BCUT2D eigenvalue weighted by Gasteiger charge is 2.08. The van der Waals surface area contributed by atoms with Crippen molar-refractivity contribution < 1.29 is 0 Å². The van der Waals surface area contributed by atoms with Crippen LogP contribution in [0.1, 0.15) is 23.9 Å². The van der Waals surface area contributed by atoms with E-state index in [4.69, 9.17) is 11.6 Å². The molecule has 0 aliphatic rings. The van der Waals surface area contributed by atoms with Gasteiger partial charge in [-0.2, -0.15) is 5.10 Å². The molecule has 0 bridgehead atoms. The minimum Gasteiger partial charge on any atom is -0.356 e. The summed E-state index contributed by atoms with van der Waals surface area (Å²) in [4.78, 5) is 4.28. The molecule has 1 atom stereocenters. The summed E-state index contributed by atoms with van der Waals surface area (Å²) < 4.78 is 2.07. The number of rotatable bonds is 7. The van der Waals surface area contributed by atoms with E-state index in [0.29, 0.717) is 5.92 Å². The van der Waals surface area contributed by atoms with E-state index in [-0.39, 0.29) is 24.0 Å². The van der Waals surface area contributed by atoms with Crippen LogP contribution in [0, 0.1) is 19.8 Å². The van der Waals surface area contributed by atoms with Gasteiger partial charge in [0, 0.05) is 37.4 Å². The molecule has 7 heteroatoms. The second-order valence-corrected chi connectivity index (χ2v) is 6.91. The van der Waals surface area contributed by atoms with Crippen LogP contribution in [0.5, 0.6) is 0 Å². The predicted octanol–water partition coefficient (Wildman–Crippen LogP) is 3.82. The van der Waals surface area contributed by atoms with E-state index in [2.05, 4.69) is 57.5 Å². The lowest BCUT2D eigenvalue weighted by molar-refractivity contribution is 0.436. The number of halogens is 2. The Kier molecular flexibility index (Phi) is 10.0. The summed E-state index contributed by atoms with van der Waals surface area (Å²) in [6.07, 6.45) is 0.930. The van der Waals surface area contributed by atoms with Crippen molar-refractivity contribution in [3.8, 4) is 0 Å². The van der Waals surface area contributed by atoms with Gasteiger partial charge in [0.15, 0.2) is 5.96 Å². The highest BCUT2D eigenvalue weighted by atomic mass is 127. The Morgan fingerprint density at radius 1 is 1.23 bits per heavy atom. The molecule has 0 spiro atoms. The summed E-state index contributed by atoms with van der Waals surface area (Å²) in [5.41, 5.74) is 3.53. The molecule has 2 aromatic rings. The van der Waals surface area contributed by atoms with Crippen LogP contribution in [0.4, 0.5) is 0 Å². The number of nitrogens with one attached hydrogen (secondary N) is 2. The topological polar surface area (TPSA) is 54.2 Å². The number of aliphatic imine (C=N–C) groups is 1. The fourth-order valence-electron chi connectivity index (χ4n) is 2.69. The highest BCUT2D eigenvalue weighted by molar-refractivity contribution is 14.0. The Hall–Kier alpha value is -1.28. The highest BCUT2D eigenvalue weighted by Crippen LogP contribution is 2.09. The van der Waals surface area contributed by atoms with E-state index in [1.165, 1.54) is 11.3 Å². The van der Waals surface area contributed by atoms with E-state index in [0.717, 1.165) is 42.7 Å². The smallest absolute Gasteiger partial charge is 0.190 e. The molecule has 0 aliphatic carbocycles. The molecule has 1 aromatic heterocycles. The summed E-state index contributed by atoms with van der Waals surface area (Å²) in [5.74, 6) is 1.28. The van der Waals surface area contributed by atoms with Gasteiger partial charge in [-0.25, -0.2) is 0 Å². The van der Waals surface area contributed by atoms with Gasteiger partial charge in [-0.05, 0) is 49.9 Å². The molecule has 26 heavy (non-hydrogen) atoms. The molecule has 1 aromatic carbocycles. The van der Waals surface area contributed by atoms with E-state index in [1.54, 1.807) is 7.05 Å². The second kappa shape index (κ2) is 11.4. The van der Waals surface area contributed by atoms with Crippen LogP contribution in [-0.4, -0.2) is 35.9 Å². The number of benzene rings is 1. The molecule has 0 radical (unpaired) electrons. The first-order valence-corrected chi connectivity index (χ1v) is 9.05. The molecule has 2 N–H and O–H groups in total. The summed E-state index contributed by atoms with van der Waals surface area (Å²) in [7, 11) is 1.79. The van der Waals surface area contributed by atoms with Crippen molar-refractivity contribution in [1.29, 1.82) is 0 Å². The number of hydrogen-bond donors (Lipinski definition) is 2. The first-order chi connectivity index (χ1) is 12.0. The fourth-order valence-corrected chi connectivity index (χ4v) is 2.81. The molecule has 0 saturated carbocycles. The quantitative estimate of drug-likeness (QED) is 0.353. The maximum atomic E-state index is 5.91. The van der Waals surface area contributed by atoms with Gasteiger partial charge in [0.05, 0.1) is 5.69 Å². The summed E-state index contributed by atoms with van der Waals surface area (Å²) >= 11 is 5.91. The molecular weight excluding hydrogens is 461 g/mol. The van der Waals surface area contributed by atoms with Gasteiger partial charge in [0.2, 0.25) is 0 Å². The third-order valence-corrected chi connectivity index (χ3v) is 4.30. The van der Waals surface area contributed by atoms with Gasteiger partial charge in [-0.1, -0.05) is 30.7 Å². The molecule has 5 nitrogen and oxygen atoms in total. The lowest BCUT2D eigenvalue weighted by atomic mass is 10.1. The van der Waals surface area contributed by atoms with Crippen molar-refractivity contribution in [3.05, 3.63) is 52.3 Å². The van der Waals surface area contributed by atoms with Gasteiger partial charge in [0.25, 0.3) is 0 Å². The lowest BCUT2D eigenvalue weighted by Gasteiger charge is -2.17. The van der Waals surface area contributed by atoms with Crippen LogP contribution in [0.2, 0.25) is 5.02 Å². The van der Waals surface area contributed by atoms with Crippen LogP contribution in [0.3, 0.4) is 0 Å². The van der Waals surface area contributed by atoms with Gasteiger partial charge in [0.1, 0.15) is 0 Å². The van der Waals surface area contributed by atoms with Crippen molar-refractivity contribution >= 4 is 41.5 Å². The Balaban J connectivity index is 0.00000338. The molecule has 2 rings (SSSR count). The zero-order valence-corrected chi connectivity index (χ0v) is 19.0. The standard InChI is InChI=1S/C19H28ClN5.HI/c1-14(13-25-16(3)11-15(2)24-25)12-23-19(21-4)22-10-9-17-5-7-18(20)8-6-17;/h5-8,11,14H,9-10,12-13H2,1-4H3,(H2,21,22,23);1H. The number of aromatic nitrogens is 2. The molecule has 0 saturated heterocycles. The number of hydrogen-bond acceptors (Lipinski definition) is 2. The summed E-state index contributed by atoms with van der Waals surface area (Å²) in [5, 5.41) is 12.0. The second-order valence-electron chi connectivity index (χ2n) is 6.47. The molecule has 0 aliphatic heterocycles. The zero-order valence-electron chi connectivity index (χ0n) is 15.9. The lowest BCUT2D eigenvalue weighted by Crippen LogP contribution is -2.40. The Morgan fingerprint density at radius 2 is 1.92 bits per heavy atom. The minimum atomic E-state index is 0. The average molecular weight is 490 g/mol. The minimum absolute atomic E-state index is 0. The maximum Gasteiger partial charge on any atom is 0.190 e. The van der Waals surface area contributed by atoms with Crippen LogP contribution in [0.15, 0.2) is 35.3 Å². The molecule has 0 amide bonds. The molecule has 144 valence electrons. The summed E-state index contributed by atoms with van der Waals surface area (Å²) in [6, 6.07) is 10.1. The fraction of sp³-hybridized carbons (Fsp3) is 0.474. The van der Waals surface area contributed by atoms with Gasteiger partial charge >= 0.3 is 0 Å². The molecule has 1 heterocycles. The van der Waals surface area contributed by atoms with Crippen molar-refractivity contribution in [1.82, 2.24) is 20.4 Å². The molecular formula is C19H29ClIN5. The Labute approximate surface area is 178 Å². The van der Waals surface area contributed by atoms with Crippen LogP contribution in [0.25, 0.3) is 0 Å². The van der Waals surface area contributed by atoms with Gasteiger partial charge < -0.3 is 10.6 Å². The average Bonchev–Trinajstić information content (AvgIpc) is 2.89. The van der Waals surface area contributed by atoms with Crippen molar-refractivity contribution in [2.24, 2.45) is 10.9 Å². The van der Waals surface area contributed by atoms with Gasteiger partial charge in [-0.15, -0.1) is 24.0 Å². The van der Waals surface area contributed by atoms with E-state index >= 15 is 0 Å². The van der Waals surface area contributed by atoms with E-state index < -0.39 is 0 Å². The number of guanidine groups is 1. The zero-order chi connectivity index (χ0) is 18.2. The Bertz CT molecular complexity index is 696. The summed E-state index contributed by atoms with van der Waals surface area (Å²) in [6.45, 7) is 8.90. The SMILES string of the molecule is CN=C(NCCc1ccc(Cl)cc1)NCC(C)Cn1nc(C)cc1C.I. The third kappa shape index (κ3) is 7.53. The molecule has 0 fully saturated rings. The van der Waals surface area contributed by atoms with E-state index in [1.807, 2.05) is 19.1 Å². The third-order valence-electron chi connectivity index (χ3n) is 4.05. The van der Waals surface area contributed by atoms with Crippen molar-refractivity contribution in [2.45, 2.75) is 33.7 Å². The van der Waals surface area contributed by atoms with Crippen LogP contribution in [-0.2, 0) is 13.0 Å². The van der Waals surface area contributed by atoms with Crippen molar-refractivity contribution in [2.75, 3.05) is 20.1 Å². The molecule has 1 unspecified atom stereocenters. The normalized spacial score (nSPS) is 12.4. The first kappa shape index (κ1) is 22.8. The number of aryl methyl sites for hydroxylation is 2. The van der Waals surface area contributed by atoms with Crippen LogP contribution < -0.4 is 10.6 Å². The number of nitrogens with zero attached hydrogens (tertiary/aromatic N) is 3. The maximum absolute atomic E-state index is 5.91. The van der Waals surface area contributed by atoms with Crippen LogP contribution >= 0.6 is 35.6 Å². The largest absolute Gasteiger partial charge is 0.356 e. The first-order valence-electron chi connectivity index (χ1n) is 8.68. The van der Waals surface area contributed by atoms with E-state index in [9.17, 15) is 0 Å². The monoisotopic (exact) mass is 489 g/mol. The van der Waals surface area contributed by atoms with Gasteiger partial charge in [-0.3, -0.25) is 9.67 Å².